The molecule has 2 fully saturated rings. The van der Waals surface area contributed by atoms with Gasteiger partial charge in [-0.3, -0.25) is 20.2 Å². The molecule has 2 atom stereocenters. The van der Waals surface area contributed by atoms with E-state index in [1.165, 1.54) is 5.56 Å². The van der Waals surface area contributed by atoms with E-state index in [0.717, 1.165) is 12.1 Å². The van der Waals surface area contributed by atoms with Gasteiger partial charge in [0.1, 0.15) is 6.17 Å². The van der Waals surface area contributed by atoms with Gasteiger partial charge in [-0.05, 0) is 5.56 Å². The van der Waals surface area contributed by atoms with Crippen molar-refractivity contribution in [3.8, 4) is 0 Å². The molecule has 1 aromatic carbocycles. The first-order chi connectivity index (χ1) is 11.8. The lowest BCUT2D eigenvalue weighted by Crippen LogP contribution is -2.61. The van der Waals surface area contributed by atoms with E-state index in [4.69, 9.17) is 0 Å². The average Bonchev–Trinajstić information content (AvgIpc) is 3.23. The van der Waals surface area contributed by atoms with E-state index >= 15 is 0 Å². The van der Waals surface area contributed by atoms with Gasteiger partial charge in [0.05, 0.1) is 25.2 Å². The fourth-order valence-corrected chi connectivity index (χ4v) is 2.87. The van der Waals surface area contributed by atoms with Crippen LogP contribution < -0.4 is 21.5 Å². The Morgan fingerprint density at radius 1 is 1.25 bits per heavy atom. The fraction of sp³-hybridized carbons (Fsp3) is 0.312. The van der Waals surface area contributed by atoms with Gasteiger partial charge in [-0.15, -0.1) is 0 Å². The molecule has 2 aliphatic heterocycles. The molecule has 8 heteroatoms. The van der Waals surface area contributed by atoms with Crippen LogP contribution in [-0.4, -0.2) is 34.4 Å². The molecule has 4 N–H and O–H groups in total. The van der Waals surface area contributed by atoms with Crippen molar-refractivity contribution in [2.75, 3.05) is 6.54 Å². The van der Waals surface area contributed by atoms with Crippen LogP contribution in [-0.2, 0) is 17.9 Å². The second-order valence-corrected chi connectivity index (χ2v) is 5.94. The Hall–Kier alpha value is -2.71. The highest BCUT2D eigenvalue weighted by molar-refractivity contribution is 6.01. The van der Waals surface area contributed by atoms with Crippen molar-refractivity contribution in [1.29, 1.82) is 0 Å². The van der Waals surface area contributed by atoms with Crippen molar-refractivity contribution >= 4 is 11.9 Å². The van der Waals surface area contributed by atoms with E-state index in [1.807, 2.05) is 29.1 Å². The predicted octanol–water partition coefficient (Wildman–Crippen LogP) is -0.443. The van der Waals surface area contributed by atoms with Gasteiger partial charge in [0.25, 0.3) is 0 Å². The first kappa shape index (κ1) is 14.9. The van der Waals surface area contributed by atoms with Crippen molar-refractivity contribution in [2.24, 2.45) is 10.9 Å². The molecular weight excluding hydrogens is 306 g/mol. The van der Waals surface area contributed by atoms with Gasteiger partial charge in [0.2, 0.25) is 5.91 Å². The molecule has 2 saturated heterocycles. The fourth-order valence-electron chi connectivity index (χ4n) is 2.87. The van der Waals surface area contributed by atoms with E-state index in [-0.39, 0.29) is 18.0 Å². The molecule has 24 heavy (non-hydrogen) atoms. The van der Waals surface area contributed by atoms with Gasteiger partial charge >= 0.3 is 0 Å². The molecule has 1 amide bonds. The largest absolute Gasteiger partial charge is 0.339 e. The number of hydrogen-bond acceptors (Lipinski definition) is 5. The molecule has 1 aromatic heterocycles. The van der Waals surface area contributed by atoms with E-state index in [2.05, 4.69) is 43.7 Å². The zero-order valence-corrected chi connectivity index (χ0v) is 13.1. The predicted molar refractivity (Wildman–Crippen MR) is 88.6 cm³/mol. The number of nitrogens with one attached hydrogen (secondary N) is 4. The highest BCUT2D eigenvalue weighted by Gasteiger charge is 2.37. The Morgan fingerprint density at radius 3 is 3.00 bits per heavy atom. The summed E-state index contributed by atoms with van der Waals surface area (Å²) in [6, 6.07) is 10.2. The summed E-state index contributed by atoms with van der Waals surface area (Å²) in [6.07, 6.45) is 3.66. The van der Waals surface area contributed by atoms with Crippen LogP contribution in [0.1, 0.15) is 11.1 Å². The second-order valence-electron chi connectivity index (χ2n) is 5.94. The molecule has 3 heterocycles. The van der Waals surface area contributed by atoms with Crippen LogP contribution in [0.15, 0.2) is 47.7 Å². The first-order valence-electron chi connectivity index (χ1n) is 7.93. The van der Waals surface area contributed by atoms with Gasteiger partial charge in [-0.1, -0.05) is 30.3 Å². The summed E-state index contributed by atoms with van der Waals surface area (Å²) in [7, 11) is 0. The standard InChI is InChI=1S/C16H19N7O/c24-15-13-8-18-22-14(13)20-16(21-15)17-6-12-7-19-23(10-12)9-11-4-2-1-3-5-11/h1-5,7,10,13-14,18,22H,6,8-9H2,(H2,17,20,21,24). The zero-order valence-electron chi connectivity index (χ0n) is 13.1. The summed E-state index contributed by atoms with van der Waals surface area (Å²) in [5, 5.41) is 10.3. The Bertz CT molecular complexity index is 755. The van der Waals surface area contributed by atoms with Gasteiger partial charge in [0.15, 0.2) is 5.96 Å². The molecule has 2 aliphatic rings. The van der Waals surface area contributed by atoms with Crippen LogP contribution in [0.5, 0.6) is 0 Å². The van der Waals surface area contributed by atoms with Gasteiger partial charge in [-0.25, -0.2) is 10.4 Å². The SMILES string of the molecule is O=C1NC(=NCc2cnn(Cc3ccccc3)c2)NC2NNCC12. The molecule has 0 saturated carbocycles. The topological polar surface area (TPSA) is 95.4 Å². The van der Waals surface area contributed by atoms with Crippen LogP contribution in [0, 0.1) is 5.92 Å². The summed E-state index contributed by atoms with van der Waals surface area (Å²) in [5.74, 6) is 0.362. The van der Waals surface area contributed by atoms with Crippen molar-refractivity contribution < 1.29 is 4.79 Å². The number of guanidine groups is 1. The molecule has 0 spiro atoms. The summed E-state index contributed by atoms with van der Waals surface area (Å²) in [5.41, 5.74) is 8.20. The first-order valence-corrected chi connectivity index (χ1v) is 7.93. The quantitative estimate of drug-likeness (QED) is 0.611. The molecule has 0 aliphatic carbocycles. The molecule has 2 aromatic rings. The lowest BCUT2D eigenvalue weighted by Gasteiger charge is -2.27. The summed E-state index contributed by atoms with van der Waals surface area (Å²) in [4.78, 5) is 16.4. The second kappa shape index (κ2) is 6.42. The molecular formula is C16H19N7O. The lowest BCUT2D eigenvalue weighted by atomic mass is 10.1. The van der Waals surface area contributed by atoms with Gasteiger partial charge < -0.3 is 5.32 Å². The number of aromatic nitrogens is 2. The minimum absolute atomic E-state index is 0.0187. The van der Waals surface area contributed by atoms with Crippen LogP contribution in [0.4, 0.5) is 0 Å². The van der Waals surface area contributed by atoms with Crippen LogP contribution >= 0.6 is 0 Å². The smallest absolute Gasteiger partial charge is 0.234 e. The molecule has 0 radical (unpaired) electrons. The van der Waals surface area contributed by atoms with Gasteiger partial charge in [-0.2, -0.15) is 5.10 Å². The maximum Gasteiger partial charge on any atom is 0.234 e. The van der Waals surface area contributed by atoms with Crippen LogP contribution in [0.25, 0.3) is 0 Å². The van der Waals surface area contributed by atoms with E-state index in [9.17, 15) is 4.79 Å². The highest BCUT2D eigenvalue weighted by atomic mass is 16.2. The zero-order chi connectivity index (χ0) is 16.4. The van der Waals surface area contributed by atoms with E-state index < -0.39 is 0 Å². The number of carbonyl (C=O) groups excluding carboxylic acids is 1. The number of carbonyl (C=O) groups is 1. The Labute approximate surface area is 139 Å². The maximum absolute atomic E-state index is 12.0. The number of amides is 1. The third-order valence-corrected chi connectivity index (χ3v) is 4.15. The van der Waals surface area contributed by atoms with Crippen molar-refractivity contribution in [1.82, 2.24) is 31.3 Å². The molecule has 8 nitrogen and oxygen atoms in total. The number of hydrazine groups is 1. The van der Waals surface area contributed by atoms with Crippen LogP contribution in [0.2, 0.25) is 0 Å². The van der Waals surface area contributed by atoms with Crippen molar-refractivity contribution in [2.45, 2.75) is 19.3 Å². The van der Waals surface area contributed by atoms with Crippen molar-refractivity contribution in [3.63, 3.8) is 0 Å². The number of hydrogen-bond donors (Lipinski definition) is 4. The summed E-state index contributed by atoms with van der Waals surface area (Å²) >= 11 is 0. The van der Waals surface area contributed by atoms with Crippen LogP contribution in [0.3, 0.4) is 0 Å². The maximum atomic E-state index is 12.0. The summed E-state index contributed by atoms with van der Waals surface area (Å²) in [6.45, 7) is 1.80. The number of aliphatic imine (C=N–C) groups is 1. The Balaban J connectivity index is 1.38. The number of fused-ring (bicyclic) bond motifs is 1. The monoisotopic (exact) mass is 325 g/mol. The van der Waals surface area contributed by atoms with Crippen molar-refractivity contribution in [3.05, 3.63) is 53.9 Å². The van der Waals surface area contributed by atoms with Gasteiger partial charge in [0, 0.05) is 18.3 Å². The minimum atomic E-state index is -0.113. The number of rotatable bonds is 4. The lowest BCUT2D eigenvalue weighted by molar-refractivity contribution is -0.124. The third kappa shape index (κ3) is 3.15. The molecule has 4 rings (SSSR count). The Morgan fingerprint density at radius 2 is 2.12 bits per heavy atom. The normalized spacial score (nSPS) is 24.5. The third-order valence-electron chi connectivity index (χ3n) is 4.15. The number of nitrogens with zero attached hydrogens (tertiary/aromatic N) is 3. The average molecular weight is 325 g/mol. The summed E-state index contributed by atoms with van der Waals surface area (Å²) < 4.78 is 1.89. The number of benzene rings is 1. The molecule has 2 unspecified atom stereocenters. The van der Waals surface area contributed by atoms with E-state index in [1.54, 1.807) is 6.20 Å². The molecule has 124 valence electrons. The Kier molecular flexibility index (Phi) is 3.97. The highest BCUT2D eigenvalue weighted by Crippen LogP contribution is 2.10. The minimum Gasteiger partial charge on any atom is -0.339 e. The molecule has 0 bridgehead atoms. The van der Waals surface area contributed by atoms with E-state index in [0.29, 0.717) is 19.0 Å².